The van der Waals surface area contributed by atoms with E-state index in [0.717, 1.165) is 57.7 Å². The zero-order valence-electron chi connectivity index (χ0n) is 12.4. The van der Waals surface area contributed by atoms with Gasteiger partial charge >= 0.3 is 5.69 Å². The van der Waals surface area contributed by atoms with Gasteiger partial charge in [0.05, 0.1) is 0 Å². The molecular weight excluding hydrogens is 256 g/mol. The average Bonchev–Trinajstić information content (AvgIpc) is 2.66. The molecule has 2 aliphatic rings. The highest BCUT2D eigenvalue weighted by Gasteiger charge is 2.27. The van der Waals surface area contributed by atoms with Crippen LogP contribution in [0.25, 0.3) is 0 Å². The van der Waals surface area contributed by atoms with E-state index in [1.807, 2.05) is 4.57 Å². The van der Waals surface area contributed by atoms with Crippen molar-refractivity contribution in [3.05, 3.63) is 16.3 Å². The van der Waals surface area contributed by atoms with E-state index in [9.17, 15) is 4.79 Å². The maximum atomic E-state index is 12.0. The molecule has 3 rings (SSSR count). The fourth-order valence-corrected chi connectivity index (χ4v) is 3.48. The summed E-state index contributed by atoms with van der Waals surface area (Å²) >= 11 is 0. The first-order valence-electron chi connectivity index (χ1n) is 7.59. The molecule has 1 atom stereocenters. The number of ether oxygens (including phenoxy) is 1. The predicted molar refractivity (Wildman–Crippen MR) is 75.8 cm³/mol. The summed E-state index contributed by atoms with van der Waals surface area (Å²) in [5.41, 5.74) is 0.0226. The van der Waals surface area contributed by atoms with Gasteiger partial charge in [-0.2, -0.15) is 5.10 Å². The Morgan fingerprint density at radius 1 is 1.20 bits per heavy atom. The Bertz CT molecular complexity index is 516. The number of aryl methyl sites for hydroxylation is 2. The van der Waals surface area contributed by atoms with Crippen molar-refractivity contribution in [1.29, 1.82) is 0 Å². The number of aromatic nitrogens is 3. The molecule has 1 unspecified atom stereocenters. The van der Waals surface area contributed by atoms with Crippen molar-refractivity contribution in [2.24, 2.45) is 7.05 Å². The number of fused-ring (bicyclic) bond motifs is 1. The first-order chi connectivity index (χ1) is 9.66. The van der Waals surface area contributed by atoms with E-state index in [1.54, 1.807) is 7.05 Å². The van der Waals surface area contributed by atoms with Crippen LogP contribution in [0.15, 0.2) is 4.79 Å². The van der Waals surface area contributed by atoms with Crippen LogP contribution < -0.4 is 5.69 Å². The highest BCUT2D eigenvalue weighted by Crippen LogP contribution is 2.22. The van der Waals surface area contributed by atoms with Crippen LogP contribution in [0.3, 0.4) is 0 Å². The zero-order valence-corrected chi connectivity index (χ0v) is 12.4. The Labute approximate surface area is 119 Å². The van der Waals surface area contributed by atoms with E-state index in [1.165, 1.54) is 4.68 Å². The molecule has 3 heterocycles. The van der Waals surface area contributed by atoms with Crippen molar-refractivity contribution >= 4 is 0 Å². The van der Waals surface area contributed by atoms with E-state index >= 15 is 0 Å². The molecule has 20 heavy (non-hydrogen) atoms. The Kier molecular flexibility index (Phi) is 3.94. The van der Waals surface area contributed by atoms with Crippen molar-refractivity contribution in [1.82, 2.24) is 19.2 Å². The smallest absolute Gasteiger partial charge is 0.345 e. The number of hydrogen-bond acceptors (Lipinski definition) is 4. The van der Waals surface area contributed by atoms with Gasteiger partial charge in [0.1, 0.15) is 5.82 Å². The van der Waals surface area contributed by atoms with Crippen LogP contribution in [-0.2, 0) is 24.8 Å². The quantitative estimate of drug-likeness (QED) is 0.787. The molecular formula is C14H24N4O2. The Morgan fingerprint density at radius 2 is 1.90 bits per heavy atom. The molecule has 0 amide bonds. The van der Waals surface area contributed by atoms with Gasteiger partial charge in [-0.15, -0.1) is 0 Å². The van der Waals surface area contributed by atoms with E-state index in [4.69, 9.17) is 4.74 Å². The average molecular weight is 280 g/mol. The maximum Gasteiger partial charge on any atom is 0.345 e. The molecule has 6 nitrogen and oxygen atoms in total. The van der Waals surface area contributed by atoms with Gasteiger partial charge < -0.3 is 9.64 Å². The second-order valence-electron chi connectivity index (χ2n) is 5.96. The third-order valence-corrected chi connectivity index (χ3v) is 4.81. The summed E-state index contributed by atoms with van der Waals surface area (Å²) in [4.78, 5) is 14.5. The summed E-state index contributed by atoms with van der Waals surface area (Å²) in [7, 11) is 3.96. The Balaban J connectivity index is 1.68. The molecule has 1 saturated heterocycles. The maximum absolute atomic E-state index is 12.0. The van der Waals surface area contributed by atoms with Crippen LogP contribution in [0, 0.1) is 0 Å². The second-order valence-corrected chi connectivity index (χ2v) is 5.96. The lowest BCUT2D eigenvalue weighted by atomic mass is 10.0. The zero-order chi connectivity index (χ0) is 14.1. The highest BCUT2D eigenvalue weighted by molar-refractivity contribution is 4.93. The van der Waals surface area contributed by atoms with Crippen molar-refractivity contribution in [3.63, 3.8) is 0 Å². The van der Waals surface area contributed by atoms with E-state index in [0.29, 0.717) is 12.1 Å². The van der Waals surface area contributed by atoms with E-state index in [-0.39, 0.29) is 5.69 Å². The van der Waals surface area contributed by atoms with Crippen LogP contribution in [0.4, 0.5) is 0 Å². The number of rotatable bonds is 2. The first-order valence-corrected chi connectivity index (χ1v) is 7.59. The van der Waals surface area contributed by atoms with Gasteiger partial charge in [-0.3, -0.25) is 4.57 Å². The molecule has 0 aliphatic carbocycles. The third-order valence-electron chi connectivity index (χ3n) is 4.81. The van der Waals surface area contributed by atoms with Crippen LogP contribution in [0.1, 0.15) is 31.5 Å². The fourth-order valence-electron chi connectivity index (χ4n) is 3.48. The third kappa shape index (κ3) is 2.54. The van der Waals surface area contributed by atoms with Crippen LogP contribution in [0.2, 0.25) is 0 Å². The lowest BCUT2D eigenvalue weighted by molar-refractivity contribution is 0.0256. The van der Waals surface area contributed by atoms with Gasteiger partial charge in [0, 0.05) is 45.3 Å². The van der Waals surface area contributed by atoms with Crippen LogP contribution >= 0.6 is 0 Å². The second kappa shape index (κ2) is 5.69. The standard InChI is InChI=1S/C14H24N4O2/c1-16(12-6-9-20-10-7-12)11-3-4-13-15-17(2)14(19)18(13)8-5-11/h11-12H,3-10H2,1-2H3. The van der Waals surface area contributed by atoms with Gasteiger partial charge in [-0.25, -0.2) is 9.48 Å². The number of nitrogens with zero attached hydrogens (tertiary/aromatic N) is 4. The lowest BCUT2D eigenvalue weighted by Crippen LogP contribution is -2.43. The summed E-state index contributed by atoms with van der Waals surface area (Å²) in [6, 6.07) is 1.17. The number of hydrogen-bond donors (Lipinski definition) is 0. The van der Waals surface area contributed by atoms with E-state index < -0.39 is 0 Å². The van der Waals surface area contributed by atoms with Crippen LogP contribution in [0.5, 0.6) is 0 Å². The minimum Gasteiger partial charge on any atom is -0.381 e. The molecule has 1 aromatic heterocycles. The minimum absolute atomic E-state index is 0.0226. The molecule has 2 aliphatic heterocycles. The molecule has 112 valence electrons. The summed E-state index contributed by atoms with van der Waals surface area (Å²) < 4.78 is 8.75. The molecule has 0 N–H and O–H groups in total. The molecule has 1 fully saturated rings. The lowest BCUT2D eigenvalue weighted by Gasteiger charge is -2.36. The van der Waals surface area contributed by atoms with Gasteiger partial charge in [-0.05, 0) is 32.7 Å². The highest BCUT2D eigenvalue weighted by atomic mass is 16.5. The summed E-state index contributed by atoms with van der Waals surface area (Å²) in [5, 5.41) is 4.35. The van der Waals surface area contributed by atoms with Crippen molar-refractivity contribution in [2.45, 2.75) is 50.7 Å². The molecule has 0 spiro atoms. The first kappa shape index (κ1) is 13.8. The topological polar surface area (TPSA) is 52.3 Å². The monoisotopic (exact) mass is 280 g/mol. The molecule has 6 heteroatoms. The normalized spacial score (nSPS) is 24.6. The fraction of sp³-hybridized carbons (Fsp3) is 0.857. The van der Waals surface area contributed by atoms with Crippen LogP contribution in [-0.4, -0.2) is 51.6 Å². The van der Waals surface area contributed by atoms with Gasteiger partial charge in [0.25, 0.3) is 0 Å². The molecule has 0 saturated carbocycles. The SMILES string of the molecule is CN(C1CCOCC1)C1CCc2nn(C)c(=O)n2CC1. The van der Waals surface area contributed by atoms with Crippen molar-refractivity contribution < 1.29 is 4.74 Å². The summed E-state index contributed by atoms with van der Waals surface area (Å²) in [6.45, 7) is 2.55. The van der Waals surface area contributed by atoms with Crippen molar-refractivity contribution in [3.8, 4) is 0 Å². The molecule has 1 aromatic rings. The largest absolute Gasteiger partial charge is 0.381 e. The van der Waals surface area contributed by atoms with Gasteiger partial charge in [-0.1, -0.05) is 0 Å². The van der Waals surface area contributed by atoms with E-state index in [2.05, 4.69) is 17.0 Å². The summed E-state index contributed by atoms with van der Waals surface area (Å²) in [6.07, 6.45) is 5.27. The van der Waals surface area contributed by atoms with Crippen molar-refractivity contribution in [2.75, 3.05) is 20.3 Å². The minimum atomic E-state index is 0.0226. The molecule has 0 bridgehead atoms. The Morgan fingerprint density at radius 3 is 2.65 bits per heavy atom. The Hall–Kier alpha value is -1.14. The summed E-state index contributed by atoms with van der Waals surface area (Å²) in [5.74, 6) is 0.945. The van der Waals surface area contributed by atoms with Gasteiger partial charge in [0.15, 0.2) is 0 Å². The predicted octanol–water partition coefficient (Wildman–Crippen LogP) is 0.397. The molecule has 0 aromatic carbocycles. The molecule has 0 radical (unpaired) electrons. The van der Waals surface area contributed by atoms with Gasteiger partial charge in [0.2, 0.25) is 0 Å².